The van der Waals surface area contributed by atoms with Crippen LogP contribution in [0.4, 0.5) is 15.8 Å². The molecule has 1 aromatic carbocycles. The third kappa shape index (κ3) is 5.23. The van der Waals surface area contributed by atoms with Gasteiger partial charge in [-0.15, -0.1) is 0 Å². The highest BCUT2D eigenvalue weighted by atomic mass is 19.1. The normalized spacial score (nSPS) is 12.5. The molecule has 0 aliphatic heterocycles. The number of anilines is 1. The summed E-state index contributed by atoms with van der Waals surface area (Å²) in [5.74, 6) is -0.534. The number of benzene rings is 1. The molecule has 6 nitrogen and oxygen atoms in total. The fourth-order valence-electron chi connectivity index (χ4n) is 2.15. The molecule has 0 spiro atoms. The number of nitrogens with zero attached hydrogens (tertiary/aromatic N) is 2. The van der Waals surface area contributed by atoms with Gasteiger partial charge < -0.3 is 15.3 Å². The standard InChI is InChI=1S/C15H24FN3O3/c1-4-11(20)10-12-13(16)6-7-14(19(21)22)15(12)17-8-5-9-18(2)3/h6-7,11,17,20H,4-5,8-10H2,1-3H3. The summed E-state index contributed by atoms with van der Waals surface area (Å²) in [4.78, 5) is 12.6. The zero-order valence-corrected chi connectivity index (χ0v) is 13.3. The molecule has 0 radical (unpaired) electrons. The highest BCUT2D eigenvalue weighted by Crippen LogP contribution is 2.31. The first kappa shape index (κ1) is 18.3. The molecule has 124 valence electrons. The van der Waals surface area contributed by atoms with Crippen LogP contribution < -0.4 is 5.32 Å². The second-order valence-corrected chi connectivity index (χ2v) is 5.53. The number of aliphatic hydroxyl groups is 1. The molecule has 0 bridgehead atoms. The van der Waals surface area contributed by atoms with Crippen LogP contribution in [-0.4, -0.2) is 48.2 Å². The molecule has 0 saturated heterocycles. The van der Waals surface area contributed by atoms with Gasteiger partial charge in [0.2, 0.25) is 0 Å². The minimum Gasteiger partial charge on any atom is -0.393 e. The monoisotopic (exact) mass is 313 g/mol. The van der Waals surface area contributed by atoms with Gasteiger partial charge >= 0.3 is 0 Å². The van der Waals surface area contributed by atoms with Crippen LogP contribution in [-0.2, 0) is 6.42 Å². The molecule has 2 N–H and O–H groups in total. The summed E-state index contributed by atoms with van der Waals surface area (Å²) in [6.45, 7) is 3.10. The van der Waals surface area contributed by atoms with E-state index in [1.165, 1.54) is 0 Å². The van der Waals surface area contributed by atoms with Crippen molar-refractivity contribution in [2.45, 2.75) is 32.3 Å². The van der Waals surface area contributed by atoms with E-state index in [0.717, 1.165) is 25.1 Å². The van der Waals surface area contributed by atoms with Crippen molar-refractivity contribution >= 4 is 11.4 Å². The predicted molar refractivity (Wildman–Crippen MR) is 84.7 cm³/mol. The molecule has 0 fully saturated rings. The molecule has 1 rings (SSSR count). The Balaban J connectivity index is 3.01. The average Bonchev–Trinajstić information content (AvgIpc) is 2.45. The highest BCUT2D eigenvalue weighted by Gasteiger charge is 2.22. The Bertz CT molecular complexity index is 509. The summed E-state index contributed by atoms with van der Waals surface area (Å²) in [5, 5.41) is 23.9. The van der Waals surface area contributed by atoms with Crippen molar-refractivity contribution in [2.75, 3.05) is 32.5 Å². The van der Waals surface area contributed by atoms with Gasteiger partial charge in [-0.2, -0.15) is 0 Å². The molecular weight excluding hydrogens is 289 g/mol. The smallest absolute Gasteiger partial charge is 0.292 e. The predicted octanol–water partition coefficient (Wildman–Crippen LogP) is 2.41. The van der Waals surface area contributed by atoms with E-state index >= 15 is 0 Å². The maximum Gasteiger partial charge on any atom is 0.292 e. The summed E-state index contributed by atoms with van der Waals surface area (Å²) in [6.07, 6.45) is 0.567. The first-order valence-corrected chi connectivity index (χ1v) is 7.39. The van der Waals surface area contributed by atoms with E-state index in [-0.39, 0.29) is 23.4 Å². The van der Waals surface area contributed by atoms with E-state index in [1.54, 1.807) is 6.92 Å². The molecule has 7 heteroatoms. The van der Waals surface area contributed by atoms with Crippen LogP contribution >= 0.6 is 0 Å². The van der Waals surface area contributed by atoms with Crippen LogP contribution in [0.5, 0.6) is 0 Å². The maximum atomic E-state index is 14.0. The van der Waals surface area contributed by atoms with E-state index in [9.17, 15) is 19.6 Å². The summed E-state index contributed by atoms with van der Waals surface area (Å²) in [6, 6.07) is 2.24. The lowest BCUT2D eigenvalue weighted by molar-refractivity contribution is -0.384. The number of nitro benzene ring substituents is 1. The van der Waals surface area contributed by atoms with Crippen molar-refractivity contribution in [3.63, 3.8) is 0 Å². The average molecular weight is 313 g/mol. The minimum atomic E-state index is -0.723. The third-order valence-electron chi connectivity index (χ3n) is 3.43. The minimum absolute atomic E-state index is 0.0556. The Labute approximate surface area is 130 Å². The summed E-state index contributed by atoms with van der Waals surface area (Å²) >= 11 is 0. The molecule has 0 aliphatic rings. The lowest BCUT2D eigenvalue weighted by atomic mass is 10.0. The molecule has 1 atom stereocenters. The fraction of sp³-hybridized carbons (Fsp3) is 0.600. The number of rotatable bonds is 9. The van der Waals surface area contributed by atoms with Crippen LogP contribution in [0.2, 0.25) is 0 Å². The summed E-state index contributed by atoms with van der Waals surface area (Å²) < 4.78 is 14.0. The maximum absolute atomic E-state index is 14.0. The third-order valence-corrected chi connectivity index (χ3v) is 3.43. The van der Waals surface area contributed by atoms with Crippen molar-refractivity contribution in [1.82, 2.24) is 4.90 Å². The number of hydrogen-bond donors (Lipinski definition) is 2. The Hall–Kier alpha value is -1.73. The molecule has 0 aliphatic carbocycles. The van der Waals surface area contributed by atoms with E-state index in [4.69, 9.17) is 0 Å². The van der Waals surface area contributed by atoms with Crippen molar-refractivity contribution in [3.8, 4) is 0 Å². The number of halogens is 1. The van der Waals surface area contributed by atoms with Crippen LogP contribution in [0.15, 0.2) is 12.1 Å². The Morgan fingerprint density at radius 3 is 2.68 bits per heavy atom. The van der Waals surface area contributed by atoms with Crippen LogP contribution in [0.25, 0.3) is 0 Å². The second-order valence-electron chi connectivity index (χ2n) is 5.53. The lowest BCUT2D eigenvalue weighted by Crippen LogP contribution is -2.18. The van der Waals surface area contributed by atoms with Gasteiger partial charge in [0, 0.05) is 24.6 Å². The molecule has 1 aromatic rings. The zero-order chi connectivity index (χ0) is 16.7. The Morgan fingerprint density at radius 1 is 1.45 bits per heavy atom. The first-order valence-electron chi connectivity index (χ1n) is 7.39. The number of hydrogen-bond acceptors (Lipinski definition) is 5. The highest BCUT2D eigenvalue weighted by molar-refractivity contribution is 5.67. The fourth-order valence-corrected chi connectivity index (χ4v) is 2.15. The summed E-state index contributed by atoms with van der Waals surface area (Å²) in [5.41, 5.74) is 0.189. The van der Waals surface area contributed by atoms with Gasteiger partial charge in [0.05, 0.1) is 11.0 Å². The van der Waals surface area contributed by atoms with Crippen molar-refractivity contribution in [3.05, 3.63) is 33.6 Å². The molecular formula is C15H24FN3O3. The molecule has 0 aromatic heterocycles. The van der Waals surface area contributed by atoms with Gasteiger partial charge in [0.15, 0.2) is 0 Å². The largest absolute Gasteiger partial charge is 0.393 e. The lowest BCUT2D eigenvalue weighted by Gasteiger charge is -2.16. The Morgan fingerprint density at radius 2 is 2.14 bits per heavy atom. The van der Waals surface area contributed by atoms with E-state index < -0.39 is 16.8 Å². The van der Waals surface area contributed by atoms with Crippen LogP contribution in [0.3, 0.4) is 0 Å². The van der Waals surface area contributed by atoms with Gasteiger partial charge in [0.25, 0.3) is 5.69 Å². The molecule has 22 heavy (non-hydrogen) atoms. The number of aliphatic hydroxyl groups excluding tert-OH is 1. The molecule has 0 amide bonds. The first-order chi connectivity index (χ1) is 10.4. The van der Waals surface area contributed by atoms with Gasteiger partial charge in [0.1, 0.15) is 11.5 Å². The number of nitro groups is 1. The van der Waals surface area contributed by atoms with E-state index in [2.05, 4.69) is 5.32 Å². The van der Waals surface area contributed by atoms with Crippen LogP contribution in [0, 0.1) is 15.9 Å². The van der Waals surface area contributed by atoms with Crippen molar-refractivity contribution in [1.29, 1.82) is 0 Å². The van der Waals surface area contributed by atoms with Crippen molar-refractivity contribution in [2.24, 2.45) is 0 Å². The zero-order valence-electron chi connectivity index (χ0n) is 13.3. The van der Waals surface area contributed by atoms with E-state index in [0.29, 0.717) is 13.0 Å². The quantitative estimate of drug-likeness (QED) is 0.416. The van der Waals surface area contributed by atoms with E-state index in [1.807, 2.05) is 19.0 Å². The number of nitrogens with one attached hydrogen (secondary N) is 1. The molecule has 0 saturated carbocycles. The van der Waals surface area contributed by atoms with Gasteiger partial charge in [-0.25, -0.2) is 4.39 Å². The van der Waals surface area contributed by atoms with Gasteiger partial charge in [-0.05, 0) is 39.5 Å². The second kappa shape index (κ2) is 8.65. The molecule has 0 heterocycles. The van der Waals surface area contributed by atoms with Crippen molar-refractivity contribution < 1.29 is 14.4 Å². The topological polar surface area (TPSA) is 78.6 Å². The van der Waals surface area contributed by atoms with Crippen LogP contribution in [0.1, 0.15) is 25.3 Å². The SMILES string of the molecule is CCC(O)Cc1c(F)ccc([N+](=O)[O-])c1NCCCN(C)C. The molecule has 1 unspecified atom stereocenters. The van der Waals surface area contributed by atoms with Gasteiger partial charge in [-0.3, -0.25) is 10.1 Å². The van der Waals surface area contributed by atoms with Gasteiger partial charge in [-0.1, -0.05) is 6.92 Å². The summed E-state index contributed by atoms with van der Waals surface area (Å²) in [7, 11) is 3.88. The Kier molecular flexibility index (Phi) is 7.20.